The molecule has 0 aliphatic carbocycles. The number of ether oxygens (including phenoxy) is 2. The summed E-state index contributed by atoms with van der Waals surface area (Å²) >= 11 is 0. The number of hydrogen-bond acceptors (Lipinski definition) is 4. The Hall–Kier alpha value is -2.66. The molecule has 4 nitrogen and oxygen atoms in total. The van der Waals surface area contributed by atoms with Gasteiger partial charge in [0.2, 0.25) is 0 Å². The molecule has 37 heavy (non-hydrogen) atoms. The minimum absolute atomic E-state index is 0.493. The van der Waals surface area contributed by atoms with E-state index in [4.69, 9.17) is 19.4 Å². The third-order valence-electron chi connectivity index (χ3n) is 6.65. The number of aryl methyl sites for hydroxylation is 1. The zero-order valence-electron chi connectivity index (χ0n) is 23.5. The second kappa shape index (κ2) is 16.2. The molecule has 2 aromatic carbocycles. The normalized spacial score (nSPS) is 11.2. The molecular weight excluding hydrogens is 472 g/mol. The maximum atomic E-state index is 6.30. The predicted octanol–water partition coefficient (Wildman–Crippen LogP) is 8.76. The van der Waals surface area contributed by atoms with E-state index in [-0.39, 0.29) is 0 Å². The zero-order valence-corrected chi connectivity index (χ0v) is 24.6. The van der Waals surface area contributed by atoms with Crippen LogP contribution in [0.1, 0.15) is 70.8 Å². The lowest BCUT2D eigenvalue weighted by molar-refractivity contribution is 0.305. The summed E-state index contributed by atoms with van der Waals surface area (Å²) in [5.74, 6) is 2.53. The number of hydrogen-bond donors (Lipinski definition) is 0. The minimum Gasteiger partial charge on any atom is -0.494 e. The molecule has 0 radical (unpaired) electrons. The first kappa shape index (κ1) is 28.9. The molecule has 0 amide bonds. The van der Waals surface area contributed by atoms with Gasteiger partial charge in [-0.25, -0.2) is 9.97 Å². The summed E-state index contributed by atoms with van der Waals surface area (Å²) in [6.07, 6.45) is 14.5. The van der Waals surface area contributed by atoms with Crippen molar-refractivity contribution < 1.29 is 9.47 Å². The first-order valence-electron chi connectivity index (χ1n) is 14.4. The van der Waals surface area contributed by atoms with Crippen LogP contribution >= 0.6 is 0 Å². The Bertz CT molecular complexity index is 1040. The van der Waals surface area contributed by atoms with E-state index in [0.29, 0.717) is 5.82 Å². The number of benzene rings is 2. The van der Waals surface area contributed by atoms with E-state index < -0.39 is 8.80 Å². The Morgan fingerprint density at radius 2 is 1.41 bits per heavy atom. The summed E-state index contributed by atoms with van der Waals surface area (Å²) in [6, 6.07) is 16.1. The number of rotatable bonds is 17. The van der Waals surface area contributed by atoms with Gasteiger partial charge >= 0.3 is 0 Å². The van der Waals surface area contributed by atoms with Crippen molar-refractivity contribution in [2.45, 2.75) is 90.8 Å². The van der Waals surface area contributed by atoms with E-state index in [0.717, 1.165) is 60.7 Å². The maximum absolute atomic E-state index is 6.30. The Morgan fingerprint density at radius 1 is 0.703 bits per heavy atom. The van der Waals surface area contributed by atoms with E-state index >= 15 is 0 Å². The molecule has 0 fully saturated rings. The molecule has 0 saturated carbocycles. The molecule has 3 rings (SSSR count). The molecule has 0 bridgehead atoms. The SMILES string of the molecule is CCCCCCOc1ccc(-c2cnc(-c3ccc(CCCC)cc3OCCCC[SiH](C)C)nc2)cc1. The molecule has 3 aromatic rings. The van der Waals surface area contributed by atoms with Crippen LogP contribution in [0.15, 0.2) is 54.9 Å². The Kier molecular flexibility index (Phi) is 12.7. The molecule has 200 valence electrons. The maximum Gasteiger partial charge on any atom is 0.162 e. The van der Waals surface area contributed by atoms with Crippen molar-refractivity contribution in [2.75, 3.05) is 13.2 Å². The first-order chi connectivity index (χ1) is 18.1. The zero-order chi connectivity index (χ0) is 26.3. The van der Waals surface area contributed by atoms with Crippen molar-refractivity contribution in [2.24, 2.45) is 0 Å². The highest BCUT2D eigenvalue weighted by atomic mass is 28.3. The van der Waals surface area contributed by atoms with Gasteiger partial charge in [-0.2, -0.15) is 0 Å². The summed E-state index contributed by atoms with van der Waals surface area (Å²) in [5, 5.41) is 0. The standard InChI is InChI=1S/C32H46N2O2Si/c1-5-7-9-10-20-35-29-17-15-27(16-18-29)28-24-33-32(34-25-28)30-19-14-26(13-8-6-2)23-31(30)36-21-11-12-22-37(3)4/h14-19,23-25,37H,5-13,20-22H2,1-4H3. The van der Waals surface area contributed by atoms with Gasteiger partial charge < -0.3 is 9.47 Å². The molecule has 5 heteroatoms. The van der Waals surface area contributed by atoms with Crippen molar-refractivity contribution in [1.82, 2.24) is 9.97 Å². The second-order valence-corrected chi connectivity index (χ2v) is 13.8. The average Bonchev–Trinajstić information content (AvgIpc) is 2.92. The first-order valence-corrected chi connectivity index (χ1v) is 17.5. The molecular formula is C32H46N2O2Si. The molecule has 1 heterocycles. The van der Waals surface area contributed by atoms with Gasteiger partial charge in [0.05, 0.1) is 18.8 Å². The fraction of sp³-hybridized carbons (Fsp3) is 0.500. The van der Waals surface area contributed by atoms with Crippen LogP contribution in [0.2, 0.25) is 19.1 Å². The van der Waals surface area contributed by atoms with Crippen LogP contribution in [0.5, 0.6) is 11.5 Å². The molecule has 0 atom stereocenters. The molecule has 0 N–H and O–H groups in total. The van der Waals surface area contributed by atoms with Gasteiger partial charge in [0.1, 0.15) is 11.5 Å². The van der Waals surface area contributed by atoms with E-state index in [9.17, 15) is 0 Å². The highest BCUT2D eigenvalue weighted by Crippen LogP contribution is 2.31. The van der Waals surface area contributed by atoms with Gasteiger partial charge in [0.15, 0.2) is 5.82 Å². The lowest BCUT2D eigenvalue weighted by Crippen LogP contribution is -2.04. The monoisotopic (exact) mass is 518 g/mol. The summed E-state index contributed by atoms with van der Waals surface area (Å²) in [6.45, 7) is 10.8. The van der Waals surface area contributed by atoms with Crippen molar-refractivity contribution >= 4 is 8.80 Å². The highest BCUT2D eigenvalue weighted by Gasteiger charge is 2.12. The molecule has 0 saturated heterocycles. The predicted molar refractivity (Wildman–Crippen MR) is 160 cm³/mol. The van der Waals surface area contributed by atoms with Crippen LogP contribution in [-0.2, 0) is 6.42 Å². The second-order valence-electron chi connectivity index (χ2n) is 10.4. The fourth-order valence-corrected chi connectivity index (χ4v) is 5.43. The van der Waals surface area contributed by atoms with Crippen LogP contribution in [0.3, 0.4) is 0 Å². The molecule has 1 aromatic heterocycles. The van der Waals surface area contributed by atoms with Crippen LogP contribution < -0.4 is 9.47 Å². The van der Waals surface area contributed by atoms with E-state index in [1.54, 1.807) is 0 Å². The number of nitrogens with zero attached hydrogens (tertiary/aromatic N) is 2. The molecule has 0 spiro atoms. The van der Waals surface area contributed by atoms with E-state index in [2.05, 4.69) is 57.3 Å². The van der Waals surface area contributed by atoms with E-state index in [1.807, 2.05) is 24.5 Å². The van der Waals surface area contributed by atoms with Crippen LogP contribution in [0.25, 0.3) is 22.5 Å². The smallest absolute Gasteiger partial charge is 0.162 e. The van der Waals surface area contributed by atoms with Crippen LogP contribution in [-0.4, -0.2) is 32.0 Å². The van der Waals surface area contributed by atoms with Crippen molar-refractivity contribution in [3.63, 3.8) is 0 Å². The Balaban J connectivity index is 1.67. The minimum atomic E-state index is -0.493. The van der Waals surface area contributed by atoms with Gasteiger partial charge in [0.25, 0.3) is 0 Å². The lowest BCUT2D eigenvalue weighted by atomic mass is 10.0. The van der Waals surface area contributed by atoms with Crippen LogP contribution in [0.4, 0.5) is 0 Å². The molecule has 0 aliphatic rings. The average molecular weight is 519 g/mol. The van der Waals surface area contributed by atoms with Crippen LogP contribution in [0, 0.1) is 0 Å². The number of aromatic nitrogens is 2. The van der Waals surface area contributed by atoms with Gasteiger partial charge in [-0.05, 0) is 61.1 Å². The topological polar surface area (TPSA) is 44.2 Å². The van der Waals surface area contributed by atoms with Gasteiger partial charge in [-0.15, -0.1) is 0 Å². The quantitative estimate of drug-likeness (QED) is 0.132. The summed E-state index contributed by atoms with van der Waals surface area (Å²) in [4.78, 5) is 9.46. The lowest BCUT2D eigenvalue weighted by Gasteiger charge is -2.13. The van der Waals surface area contributed by atoms with Crippen molar-refractivity contribution in [3.05, 3.63) is 60.4 Å². The Labute approximate surface area is 226 Å². The van der Waals surface area contributed by atoms with Gasteiger partial charge in [-0.3, -0.25) is 0 Å². The summed E-state index contributed by atoms with van der Waals surface area (Å²) < 4.78 is 12.2. The van der Waals surface area contributed by atoms with Crippen molar-refractivity contribution in [3.8, 4) is 34.0 Å². The summed E-state index contributed by atoms with van der Waals surface area (Å²) in [7, 11) is -0.493. The number of unbranched alkanes of at least 4 members (excludes halogenated alkanes) is 5. The third kappa shape index (κ3) is 9.96. The molecule has 0 aliphatic heterocycles. The fourth-order valence-electron chi connectivity index (χ4n) is 4.32. The van der Waals surface area contributed by atoms with E-state index in [1.165, 1.54) is 50.1 Å². The highest BCUT2D eigenvalue weighted by molar-refractivity contribution is 6.55. The van der Waals surface area contributed by atoms with Gasteiger partial charge in [-0.1, -0.05) is 83.3 Å². The Morgan fingerprint density at radius 3 is 2.11 bits per heavy atom. The summed E-state index contributed by atoms with van der Waals surface area (Å²) in [5.41, 5.74) is 4.37. The largest absolute Gasteiger partial charge is 0.494 e. The molecule has 0 unspecified atom stereocenters. The van der Waals surface area contributed by atoms with Gasteiger partial charge in [0, 0.05) is 26.8 Å². The van der Waals surface area contributed by atoms with Crippen molar-refractivity contribution in [1.29, 1.82) is 0 Å². The third-order valence-corrected chi connectivity index (χ3v) is 8.21.